The van der Waals surface area contributed by atoms with E-state index in [1.165, 1.54) is 6.21 Å². The zero-order chi connectivity index (χ0) is 19.1. The summed E-state index contributed by atoms with van der Waals surface area (Å²) in [5.74, 6) is 0.254. The number of carbonyl (C=O) groups is 1. The van der Waals surface area contributed by atoms with Crippen LogP contribution in [-0.4, -0.2) is 17.2 Å². The largest absolute Gasteiger partial charge is 0.508 e. The molecule has 0 aliphatic rings. The number of para-hydroxylation sites is 1. The lowest BCUT2D eigenvalue weighted by molar-refractivity contribution is 0.0950. The van der Waals surface area contributed by atoms with E-state index < -0.39 is 0 Å². The van der Waals surface area contributed by atoms with Gasteiger partial charge in [0.2, 0.25) is 0 Å². The number of benzene rings is 3. The highest BCUT2D eigenvalue weighted by Gasteiger charge is 2.11. The molecule has 6 heteroatoms. The number of hydrazone groups is 1. The topological polar surface area (TPSA) is 70.9 Å². The van der Waals surface area contributed by atoms with Crippen LogP contribution in [0.2, 0.25) is 5.02 Å². The van der Waals surface area contributed by atoms with Crippen LogP contribution in [0.4, 0.5) is 0 Å². The van der Waals surface area contributed by atoms with Crippen molar-refractivity contribution in [1.82, 2.24) is 5.43 Å². The minimum Gasteiger partial charge on any atom is -0.508 e. The molecule has 1 amide bonds. The number of nitrogens with zero attached hydrogens (tertiary/aromatic N) is 1. The molecule has 3 rings (SSSR count). The highest BCUT2D eigenvalue weighted by Crippen LogP contribution is 2.20. The molecule has 0 aliphatic heterocycles. The Balaban J connectivity index is 1.64. The first-order valence-corrected chi connectivity index (χ1v) is 8.58. The Kier molecular flexibility index (Phi) is 6.07. The van der Waals surface area contributed by atoms with E-state index in [-0.39, 0.29) is 11.7 Å². The Morgan fingerprint density at radius 1 is 1.04 bits per heavy atom. The molecule has 2 N–H and O–H groups in total. The van der Waals surface area contributed by atoms with Gasteiger partial charge in [0.05, 0.1) is 11.8 Å². The minimum absolute atomic E-state index is 0.169. The fraction of sp³-hybridized carbons (Fsp3) is 0.0476. The average molecular weight is 381 g/mol. The lowest BCUT2D eigenvalue weighted by Gasteiger charge is -2.10. The summed E-state index contributed by atoms with van der Waals surface area (Å²) < 4.78 is 5.78. The summed E-state index contributed by atoms with van der Waals surface area (Å²) in [5.41, 5.74) is 4.56. The zero-order valence-corrected chi connectivity index (χ0v) is 15.1. The SMILES string of the molecule is O=C(N/N=C\c1ccc(O)cc1)c1ccccc1OCc1ccc(Cl)cc1. The molecule has 0 fully saturated rings. The van der Waals surface area contributed by atoms with Gasteiger partial charge in [-0.05, 0) is 59.7 Å². The predicted octanol–water partition coefficient (Wildman–Crippen LogP) is 4.39. The molecule has 0 heterocycles. The van der Waals surface area contributed by atoms with Gasteiger partial charge in [-0.1, -0.05) is 35.9 Å². The van der Waals surface area contributed by atoms with E-state index in [9.17, 15) is 9.90 Å². The van der Waals surface area contributed by atoms with Gasteiger partial charge in [-0.3, -0.25) is 4.79 Å². The van der Waals surface area contributed by atoms with Gasteiger partial charge in [0.1, 0.15) is 18.1 Å². The zero-order valence-electron chi connectivity index (χ0n) is 14.3. The van der Waals surface area contributed by atoms with Crippen LogP contribution in [0.1, 0.15) is 21.5 Å². The van der Waals surface area contributed by atoms with Gasteiger partial charge in [-0.25, -0.2) is 5.43 Å². The fourth-order valence-corrected chi connectivity index (χ4v) is 2.43. The predicted molar refractivity (Wildman–Crippen MR) is 105 cm³/mol. The molecule has 3 aromatic carbocycles. The Morgan fingerprint density at radius 2 is 1.74 bits per heavy atom. The molecule has 0 unspecified atom stereocenters. The molecule has 5 nitrogen and oxygen atoms in total. The van der Waals surface area contributed by atoms with E-state index >= 15 is 0 Å². The number of phenols is 1. The summed E-state index contributed by atoms with van der Waals surface area (Å²) >= 11 is 5.88. The number of nitrogens with one attached hydrogen (secondary N) is 1. The maximum atomic E-state index is 12.4. The Bertz CT molecular complexity index is 938. The second kappa shape index (κ2) is 8.87. The molecule has 0 spiro atoms. The second-order valence-electron chi connectivity index (χ2n) is 5.70. The third-order valence-corrected chi connectivity index (χ3v) is 3.96. The monoisotopic (exact) mass is 380 g/mol. The lowest BCUT2D eigenvalue weighted by Crippen LogP contribution is -2.18. The summed E-state index contributed by atoms with van der Waals surface area (Å²) in [6.07, 6.45) is 1.49. The number of amides is 1. The van der Waals surface area contributed by atoms with Crippen LogP contribution in [0, 0.1) is 0 Å². The summed E-state index contributed by atoms with van der Waals surface area (Å²) in [7, 11) is 0. The Hall–Kier alpha value is -3.31. The van der Waals surface area contributed by atoms with E-state index in [1.807, 2.05) is 12.1 Å². The third-order valence-electron chi connectivity index (χ3n) is 3.71. The van der Waals surface area contributed by atoms with Gasteiger partial charge < -0.3 is 9.84 Å². The van der Waals surface area contributed by atoms with Gasteiger partial charge in [0.25, 0.3) is 5.91 Å². The van der Waals surface area contributed by atoms with Crippen molar-refractivity contribution in [1.29, 1.82) is 0 Å². The van der Waals surface area contributed by atoms with E-state index in [4.69, 9.17) is 16.3 Å². The standard InChI is InChI=1S/C21H17ClN2O3/c22-17-9-5-16(6-10-17)14-27-20-4-2-1-3-19(20)21(26)24-23-13-15-7-11-18(25)12-8-15/h1-13,25H,14H2,(H,24,26)/b23-13-. The van der Waals surface area contributed by atoms with Crippen molar-refractivity contribution >= 4 is 23.7 Å². The molecule has 0 radical (unpaired) electrons. The van der Waals surface area contributed by atoms with Gasteiger partial charge in [0, 0.05) is 5.02 Å². The van der Waals surface area contributed by atoms with Crippen molar-refractivity contribution in [3.05, 3.63) is 94.5 Å². The van der Waals surface area contributed by atoms with Crippen LogP contribution in [0.15, 0.2) is 77.9 Å². The van der Waals surface area contributed by atoms with Crippen LogP contribution in [0.25, 0.3) is 0 Å². The van der Waals surface area contributed by atoms with Crippen molar-refractivity contribution < 1.29 is 14.6 Å². The molecule has 0 saturated heterocycles. The normalized spacial score (nSPS) is 10.7. The summed E-state index contributed by atoms with van der Waals surface area (Å²) in [6.45, 7) is 0.318. The first kappa shape index (κ1) is 18.5. The first-order valence-electron chi connectivity index (χ1n) is 8.20. The number of hydrogen-bond donors (Lipinski definition) is 2. The van der Waals surface area contributed by atoms with Crippen molar-refractivity contribution in [3.8, 4) is 11.5 Å². The number of aromatic hydroxyl groups is 1. The van der Waals surface area contributed by atoms with Gasteiger partial charge in [-0.2, -0.15) is 5.10 Å². The molecule has 27 heavy (non-hydrogen) atoms. The number of halogens is 1. The Morgan fingerprint density at radius 3 is 2.48 bits per heavy atom. The second-order valence-corrected chi connectivity index (χ2v) is 6.14. The molecule has 0 atom stereocenters. The molecule has 0 saturated carbocycles. The molecule has 136 valence electrons. The van der Waals surface area contributed by atoms with Crippen molar-refractivity contribution in [2.24, 2.45) is 5.10 Å². The first-order chi connectivity index (χ1) is 13.1. The van der Waals surface area contributed by atoms with Crippen LogP contribution < -0.4 is 10.2 Å². The quantitative estimate of drug-likeness (QED) is 0.492. The smallest absolute Gasteiger partial charge is 0.275 e. The minimum atomic E-state index is -0.378. The average Bonchev–Trinajstić information content (AvgIpc) is 2.69. The molecular formula is C21H17ClN2O3. The van der Waals surface area contributed by atoms with E-state index in [1.54, 1.807) is 60.7 Å². The molecule has 3 aromatic rings. The summed E-state index contributed by atoms with van der Waals surface area (Å²) in [4.78, 5) is 12.4. The highest BCUT2D eigenvalue weighted by atomic mass is 35.5. The van der Waals surface area contributed by atoms with E-state index in [2.05, 4.69) is 10.5 Å². The molecule has 0 aliphatic carbocycles. The lowest BCUT2D eigenvalue weighted by atomic mass is 10.2. The van der Waals surface area contributed by atoms with E-state index in [0.29, 0.717) is 22.9 Å². The number of carbonyl (C=O) groups excluding carboxylic acids is 1. The van der Waals surface area contributed by atoms with Gasteiger partial charge in [-0.15, -0.1) is 0 Å². The number of hydrogen-bond acceptors (Lipinski definition) is 4. The molecule has 0 aromatic heterocycles. The van der Waals surface area contributed by atoms with Crippen molar-refractivity contribution in [3.63, 3.8) is 0 Å². The van der Waals surface area contributed by atoms with Crippen molar-refractivity contribution in [2.75, 3.05) is 0 Å². The summed E-state index contributed by atoms with van der Waals surface area (Å²) in [6, 6.07) is 20.7. The van der Waals surface area contributed by atoms with Gasteiger partial charge in [0.15, 0.2) is 0 Å². The van der Waals surface area contributed by atoms with Crippen LogP contribution in [0.3, 0.4) is 0 Å². The van der Waals surface area contributed by atoms with Crippen LogP contribution in [-0.2, 0) is 6.61 Å². The maximum Gasteiger partial charge on any atom is 0.275 e. The number of rotatable bonds is 6. The third kappa shape index (κ3) is 5.33. The fourth-order valence-electron chi connectivity index (χ4n) is 2.31. The van der Waals surface area contributed by atoms with Gasteiger partial charge >= 0.3 is 0 Å². The summed E-state index contributed by atoms with van der Waals surface area (Å²) in [5, 5.41) is 13.9. The van der Waals surface area contributed by atoms with E-state index in [0.717, 1.165) is 11.1 Å². The number of ether oxygens (including phenoxy) is 1. The number of phenolic OH excluding ortho intramolecular Hbond substituents is 1. The molecular weight excluding hydrogens is 364 g/mol. The van der Waals surface area contributed by atoms with Crippen molar-refractivity contribution in [2.45, 2.75) is 6.61 Å². The highest BCUT2D eigenvalue weighted by molar-refractivity contribution is 6.30. The molecule has 0 bridgehead atoms. The maximum absolute atomic E-state index is 12.4. The Labute approximate surface area is 161 Å². The van der Waals surface area contributed by atoms with Crippen LogP contribution in [0.5, 0.6) is 11.5 Å². The van der Waals surface area contributed by atoms with Crippen LogP contribution >= 0.6 is 11.6 Å².